The number of amides is 2. The van der Waals surface area contributed by atoms with Gasteiger partial charge in [0.05, 0.1) is 5.92 Å². The van der Waals surface area contributed by atoms with Crippen LogP contribution in [0.1, 0.15) is 26.2 Å². The summed E-state index contributed by atoms with van der Waals surface area (Å²) < 4.78 is 0. The van der Waals surface area contributed by atoms with Crippen molar-refractivity contribution >= 4 is 12.0 Å². The molecule has 0 heterocycles. The fourth-order valence-corrected chi connectivity index (χ4v) is 3.48. The fraction of sp³-hybridized carbons (Fsp3) is 0.857. The third-order valence-corrected chi connectivity index (χ3v) is 4.94. The van der Waals surface area contributed by atoms with Crippen molar-refractivity contribution in [1.29, 1.82) is 0 Å². The minimum Gasteiger partial charge on any atom is -0.481 e. The van der Waals surface area contributed by atoms with E-state index in [0.717, 1.165) is 19.3 Å². The molecular weight excluding hydrogens is 258 g/mol. The number of aliphatic carboxylic acids is 1. The smallest absolute Gasteiger partial charge is 0.315 e. The lowest BCUT2D eigenvalue weighted by Gasteiger charge is -2.29. The van der Waals surface area contributed by atoms with E-state index >= 15 is 0 Å². The number of rotatable bonds is 5. The minimum absolute atomic E-state index is 0.207. The molecule has 2 bridgehead atoms. The monoisotopic (exact) mass is 283 g/mol. The van der Waals surface area contributed by atoms with Crippen LogP contribution in [-0.2, 0) is 4.79 Å². The summed E-state index contributed by atoms with van der Waals surface area (Å²) in [6.45, 7) is 2.58. The number of hydrogen-bond acceptors (Lipinski definition) is 3. The topological polar surface area (TPSA) is 81.7 Å². The third-order valence-electron chi connectivity index (χ3n) is 4.94. The first-order chi connectivity index (χ1) is 9.40. The normalized spacial score (nSPS) is 33.2. The van der Waals surface area contributed by atoms with Gasteiger partial charge in [-0.2, -0.15) is 0 Å². The van der Waals surface area contributed by atoms with Crippen molar-refractivity contribution in [1.82, 2.24) is 15.5 Å². The molecule has 0 aromatic heterocycles. The number of hydrogen-bond donors (Lipinski definition) is 3. The Morgan fingerprint density at radius 3 is 2.55 bits per heavy atom. The van der Waals surface area contributed by atoms with Crippen molar-refractivity contribution in [3.8, 4) is 0 Å². The number of nitrogens with zero attached hydrogens (tertiary/aromatic N) is 1. The van der Waals surface area contributed by atoms with E-state index in [1.54, 1.807) is 0 Å². The van der Waals surface area contributed by atoms with Crippen molar-refractivity contribution in [3.05, 3.63) is 0 Å². The van der Waals surface area contributed by atoms with Gasteiger partial charge in [0.25, 0.3) is 0 Å². The number of nitrogens with one attached hydrogen (secondary N) is 2. The molecule has 5 atom stereocenters. The summed E-state index contributed by atoms with van der Waals surface area (Å²) in [5.41, 5.74) is 0. The lowest BCUT2D eigenvalue weighted by molar-refractivity contribution is -0.144. The average molecular weight is 283 g/mol. The van der Waals surface area contributed by atoms with Crippen molar-refractivity contribution < 1.29 is 14.7 Å². The van der Waals surface area contributed by atoms with Crippen LogP contribution in [-0.4, -0.2) is 54.7 Å². The van der Waals surface area contributed by atoms with Crippen LogP contribution in [0.15, 0.2) is 0 Å². The lowest BCUT2D eigenvalue weighted by Crippen LogP contribution is -2.51. The SMILES string of the molecule is CC(CNC(=O)NC1C2CCC(C2)C1C(=O)O)N(C)C. The van der Waals surface area contributed by atoms with E-state index in [1.165, 1.54) is 0 Å². The molecule has 0 aromatic carbocycles. The van der Waals surface area contributed by atoms with Crippen LogP contribution in [0.2, 0.25) is 0 Å². The van der Waals surface area contributed by atoms with Crippen LogP contribution in [0, 0.1) is 17.8 Å². The summed E-state index contributed by atoms with van der Waals surface area (Å²) >= 11 is 0. The molecule has 5 unspecified atom stereocenters. The van der Waals surface area contributed by atoms with Gasteiger partial charge in [0.15, 0.2) is 0 Å². The number of fused-ring (bicyclic) bond motifs is 2. The Morgan fingerprint density at radius 1 is 1.30 bits per heavy atom. The number of likely N-dealkylation sites (N-methyl/N-ethyl adjacent to an activating group) is 1. The van der Waals surface area contributed by atoms with E-state index < -0.39 is 11.9 Å². The van der Waals surface area contributed by atoms with Gasteiger partial charge in [-0.1, -0.05) is 0 Å². The van der Waals surface area contributed by atoms with Crippen LogP contribution < -0.4 is 10.6 Å². The predicted molar refractivity (Wildman–Crippen MR) is 75.4 cm³/mol. The molecule has 0 aromatic rings. The number of carbonyl (C=O) groups excluding carboxylic acids is 1. The van der Waals surface area contributed by atoms with Crippen LogP contribution in [0.4, 0.5) is 4.79 Å². The highest BCUT2D eigenvalue weighted by Gasteiger charge is 2.51. The van der Waals surface area contributed by atoms with E-state index in [1.807, 2.05) is 25.9 Å². The maximum absolute atomic E-state index is 11.9. The molecular formula is C14H25N3O3. The molecule has 2 aliphatic rings. The van der Waals surface area contributed by atoms with Crippen molar-refractivity contribution in [2.24, 2.45) is 17.8 Å². The minimum atomic E-state index is -0.774. The first kappa shape index (κ1) is 15.1. The van der Waals surface area contributed by atoms with Gasteiger partial charge in [-0.25, -0.2) is 4.79 Å². The van der Waals surface area contributed by atoms with E-state index in [2.05, 4.69) is 10.6 Å². The maximum Gasteiger partial charge on any atom is 0.315 e. The molecule has 0 aliphatic heterocycles. The number of carboxylic acid groups (broad SMARTS) is 1. The van der Waals surface area contributed by atoms with Crippen molar-refractivity contribution in [2.75, 3.05) is 20.6 Å². The van der Waals surface area contributed by atoms with Gasteiger partial charge in [0.2, 0.25) is 0 Å². The summed E-state index contributed by atoms with van der Waals surface area (Å²) in [7, 11) is 3.92. The second-order valence-corrected chi connectivity index (χ2v) is 6.39. The zero-order valence-electron chi connectivity index (χ0n) is 12.4. The quantitative estimate of drug-likeness (QED) is 0.695. The largest absolute Gasteiger partial charge is 0.481 e. The fourth-order valence-electron chi connectivity index (χ4n) is 3.48. The van der Waals surface area contributed by atoms with E-state index in [-0.39, 0.29) is 24.0 Å². The molecule has 6 nitrogen and oxygen atoms in total. The Balaban J connectivity index is 1.86. The van der Waals surface area contributed by atoms with Gasteiger partial charge in [-0.3, -0.25) is 4.79 Å². The Hall–Kier alpha value is -1.30. The van der Waals surface area contributed by atoms with Crippen molar-refractivity contribution in [3.63, 3.8) is 0 Å². The molecule has 114 valence electrons. The van der Waals surface area contributed by atoms with E-state index in [0.29, 0.717) is 12.5 Å². The van der Waals surface area contributed by atoms with Gasteiger partial charge in [-0.05, 0) is 52.1 Å². The highest BCUT2D eigenvalue weighted by Crippen LogP contribution is 2.48. The van der Waals surface area contributed by atoms with E-state index in [4.69, 9.17) is 0 Å². The summed E-state index contributed by atoms with van der Waals surface area (Å²) in [6.07, 6.45) is 2.96. The highest BCUT2D eigenvalue weighted by atomic mass is 16.4. The zero-order chi connectivity index (χ0) is 14.9. The Kier molecular flexibility index (Phi) is 4.52. The Bertz CT molecular complexity index is 386. The molecule has 0 saturated heterocycles. The Labute approximate surface area is 119 Å². The molecule has 0 spiro atoms. The second-order valence-electron chi connectivity index (χ2n) is 6.39. The summed E-state index contributed by atoms with van der Waals surface area (Å²) in [5, 5.41) is 15.0. The van der Waals surface area contributed by atoms with Gasteiger partial charge in [0.1, 0.15) is 0 Å². The zero-order valence-corrected chi connectivity index (χ0v) is 12.4. The number of carbonyl (C=O) groups is 2. The van der Waals surface area contributed by atoms with Crippen LogP contribution in [0.3, 0.4) is 0 Å². The van der Waals surface area contributed by atoms with E-state index in [9.17, 15) is 14.7 Å². The van der Waals surface area contributed by atoms with Crippen LogP contribution >= 0.6 is 0 Å². The second kappa shape index (κ2) is 5.99. The number of urea groups is 1. The molecule has 3 N–H and O–H groups in total. The summed E-state index contributed by atoms with van der Waals surface area (Å²) in [4.78, 5) is 25.3. The average Bonchev–Trinajstić information content (AvgIpc) is 2.96. The maximum atomic E-state index is 11.9. The predicted octanol–water partition coefficient (Wildman–Crippen LogP) is 0.735. The lowest BCUT2D eigenvalue weighted by atomic mass is 9.84. The van der Waals surface area contributed by atoms with Gasteiger partial charge >= 0.3 is 12.0 Å². The molecule has 2 saturated carbocycles. The van der Waals surface area contributed by atoms with Gasteiger partial charge < -0.3 is 20.6 Å². The standard InChI is InChI=1S/C14H25N3O3/c1-8(17(2)3)7-15-14(20)16-12-10-5-4-9(6-10)11(12)13(18)19/h8-12H,4-7H2,1-3H3,(H,18,19)(H2,15,16,20). The van der Waals surface area contributed by atoms with Crippen LogP contribution in [0.5, 0.6) is 0 Å². The highest BCUT2D eigenvalue weighted by molar-refractivity contribution is 5.77. The molecule has 6 heteroatoms. The van der Waals surface area contributed by atoms with Crippen LogP contribution in [0.25, 0.3) is 0 Å². The Morgan fingerprint density at radius 2 is 1.95 bits per heavy atom. The molecule has 0 radical (unpaired) electrons. The summed E-state index contributed by atoms with van der Waals surface area (Å²) in [6, 6.07) is -0.209. The molecule has 2 amide bonds. The van der Waals surface area contributed by atoms with Gasteiger partial charge in [0, 0.05) is 18.6 Å². The van der Waals surface area contributed by atoms with Gasteiger partial charge in [-0.15, -0.1) is 0 Å². The molecule has 2 rings (SSSR count). The third kappa shape index (κ3) is 3.06. The molecule has 2 aliphatic carbocycles. The first-order valence-corrected chi connectivity index (χ1v) is 7.33. The number of carboxylic acids is 1. The molecule has 2 fully saturated rings. The van der Waals surface area contributed by atoms with Crippen molar-refractivity contribution in [2.45, 2.75) is 38.3 Å². The summed E-state index contributed by atoms with van der Waals surface area (Å²) in [5.74, 6) is -0.614. The first-order valence-electron chi connectivity index (χ1n) is 7.33. The molecule has 20 heavy (non-hydrogen) atoms.